The molecule has 5 heteroatoms. The van der Waals surface area contributed by atoms with Gasteiger partial charge in [-0.2, -0.15) is 0 Å². The van der Waals surface area contributed by atoms with Gasteiger partial charge in [0.05, 0.1) is 23.0 Å². The van der Waals surface area contributed by atoms with Crippen LogP contribution in [0.25, 0.3) is 0 Å². The molecule has 0 fully saturated rings. The van der Waals surface area contributed by atoms with E-state index in [4.69, 9.17) is 11.6 Å². The molecule has 2 amide bonds. The molecule has 4 nitrogen and oxygen atoms in total. The fourth-order valence-electron chi connectivity index (χ4n) is 2.98. The topological polar surface area (TPSA) is 58.2 Å². The van der Waals surface area contributed by atoms with Crippen molar-refractivity contribution in [1.29, 1.82) is 0 Å². The molecular formula is C24H23ClN2O2. The Morgan fingerprint density at radius 1 is 0.897 bits per heavy atom. The van der Waals surface area contributed by atoms with Crippen molar-refractivity contribution >= 4 is 23.4 Å². The van der Waals surface area contributed by atoms with Gasteiger partial charge in [0.2, 0.25) is 5.91 Å². The van der Waals surface area contributed by atoms with Gasteiger partial charge in [-0.25, -0.2) is 0 Å². The SMILES string of the molecule is Cc1ccc(CNC(=O)C[C@@H](NC(=O)c2ccccc2Cl)c2ccccc2)cc1. The molecule has 3 rings (SSSR count). The van der Waals surface area contributed by atoms with E-state index in [-0.39, 0.29) is 18.2 Å². The van der Waals surface area contributed by atoms with Crippen LogP contribution in [-0.4, -0.2) is 11.8 Å². The van der Waals surface area contributed by atoms with Gasteiger partial charge in [0.25, 0.3) is 5.91 Å². The third-order valence-electron chi connectivity index (χ3n) is 4.63. The second kappa shape index (κ2) is 9.89. The van der Waals surface area contributed by atoms with Gasteiger partial charge < -0.3 is 10.6 Å². The summed E-state index contributed by atoms with van der Waals surface area (Å²) in [7, 11) is 0. The van der Waals surface area contributed by atoms with Gasteiger partial charge in [-0.1, -0.05) is 83.9 Å². The number of amides is 2. The van der Waals surface area contributed by atoms with E-state index >= 15 is 0 Å². The zero-order chi connectivity index (χ0) is 20.6. The first-order chi connectivity index (χ1) is 14.0. The minimum absolute atomic E-state index is 0.131. The van der Waals surface area contributed by atoms with Crippen LogP contribution >= 0.6 is 11.6 Å². The van der Waals surface area contributed by atoms with Crippen LogP contribution in [0, 0.1) is 6.92 Å². The smallest absolute Gasteiger partial charge is 0.253 e. The van der Waals surface area contributed by atoms with Gasteiger partial charge in [0.15, 0.2) is 0 Å². The van der Waals surface area contributed by atoms with E-state index in [9.17, 15) is 9.59 Å². The molecule has 0 bridgehead atoms. The number of carbonyl (C=O) groups is 2. The highest BCUT2D eigenvalue weighted by atomic mass is 35.5. The van der Waals surface area contributed by atoms with Crippen LogP contribution in [0.4, 0.5) is 0 Å². The summed E-state index contributed by atoms with van der Waals surface area (Å²) < 4.78 is 0. The third kappa shape index (κ3) is 5.93. The van der Waals surface area contributed by atoms with Crippen molar-refractivity contribution in [1.82, 2.24) is 10.6 Å². The fourth-order valence-corrected chi connectivity index (χ4v) is 3.20. The Kier molecular flexibility index (Phi) is 7.04. The number of halogens is 1. The second-order valence-electron chi connectivity index (χ2n) is 6.88. The molecule has 0 aliphatic heterocycles. The van der Waals surface area contributed by atoms with E-state index in [1.807, 2.05) is 61.5 Å². The van der Waals surface area contributed by atoms with Crippen LogP contribution < -0.4 is 10.6 Å². The number of benzene rings is 3. The van der Waals surface area contributed by atoms with Crippen molar-refractivity contribution < 1.29 is 9.59 Å². The Bertz CT molecular complexity index is 972. The molecule has 3 aromatic carbocycles. The predicted molar refractivity (Wildman–Crippen MR) is 116 cm³/mol. The van der Waals surface area contributed by atoms with Crippen LogP contribution in [0.5, 0.6) is 0 Å². The quantitative estimate of drug-likeness (QED) is 0.590. The summed E-state index contributed by atoms with van der Waals surface area (Å²) in [6.45, 7) is 2.47. The molecule has 0 saturated carbocycles. The van der Waals surface area contributed by atoms with Gasteiger partial charge >= 0.3 is 0 Å². The monoisotopic (exact) mass is 406 g/mol. The molecule has 148 valence electrons. The summed E-state index contributed by atoms with van der Waals surface area (Å²) in [6.07, 6.45) is 0.131. The lowest BCUT2D eigenvalue weighted by Crippen LogP contribution is -2.33. The molecule has 0 radical (unpaired) electrons. The maximum absolute atomic E-state index is 12.7. The van der Waals surface area contributed by atoms with Crippen molar-refractivity contribution in [2.24, 2.45) is 0 Å². The molecule has 29 heavy (non-hydrogen) atoms. The maximum Gasteiger partial charge on any atom is 0.253 e. The van der Waals surface area contributed by atoms with Gasteiger partial charge in [0.1, 0.15) is 0 Å². The Balaban J connectivity index is 1.69. The van der Waals surface area contributed by atoms with Gasteiger partial charge in [-0.3, -0.25) is 9.59 Å². The molecule has 1 atom stereocenters. The second-order valence-corrected chi connectivity index (χ2v) is 7.29. The van der Waals surface area contributed by atoms with Crippen molar-refractivity contribution in [3.8, 4) is 0 Å². The van der Waals surface area contributed by atoms with Crippen LogP contribution in [0.2, 0.25) is 5.02 Å². The van der Waals surface area contributed by atoms with Gasteiger partial charge in [0, 0.05) is 6.54 Å². The molecule has 3 aromatic rings. The minimum atomic E-state index is -0.460. The summed E-state index contributed by atoms with van der Waals surface area (Å²) in [5.74, 6) is -0.449. The van der Waals surface area contributed by atoms with Crippen molar-refractivity contribution in [2.75, 3.05) is 0 Å². The Hall–Kier alpha value is -3.11. The fraction of sp³-hybridized carbons (Fsp3) is 0.167. The summed E-state index contributed by atoms with van der Waals surface area (Å²) in [6, 6.07) is 23.9. The maximum atomic E-state index is 12.7. The van der Waals surface area contributed by atoms with Crippen LogP contribution in [-0.2, 0) is 11.3 Å². The number of nitrogens with one attached hydrogen (secondary N) is 2. The Labute approximate surface area is 175 Å². The summed E-state index contributed by atoms with van der Waals surface area (Å²) in [5.41, 5.74) is 3.44. The average molecular weight is 407 g/mol. The average Bonchev–Trinajstić information content (AvgIpc) is 2.74. The lowest BCUT2D eigenvalue weighted by molar-refractivity contribution is -0.121. The normalized spacial score (nSPS) is 11.5. The number of rotatable bonds is 7. The van der Waals surface area contributed by atoms with Crippen molar-refractivity contribution in [2.45, 2.75) is 25.9 Å². The van der Waals surface area contributed by atoms with Crippen molar-refractivity contribution in [3.05, 3.63) is 106 Å². The van der Waals surface area contributed by atoms with Crippen molar-refractivity contribution in [3.63, 3.8) is 0 Å². The van der Waals surface area contributed by atoms with Crippen LogP contribution in [0.3, 0.4) is 0 Å². The summed E-state index contributed by atoms with van der Waals surface area (Å²) in [4.78, 5) is 25.3. The highest BCUT2D eigenvalue weighted by molar-refractivity contribution is 6.33. The predicted octanol–water partition coefficient (Wildman–Crippen LogP) is 4.83. The molecule has 0 spiro atoms. The standard InChI is InChI=1S/C24H23ClN2O2/c1-17-11-13-18(14-12-17)16-26-23(28)15-22(19-7-3-2-4-8-19)27-24(29)20-9-5-6-10-21(20)25/h2-14,22H,15-16H2,1H3,(H,26,28)(H,27,29)/t22-/m1/s1. The Morgan fingerprint density at radius 2 is 1.55 bits per heavy atom. The molecule has 0 aromatic heterocycles. The molecule has 0 unspecified atom stereocenters. The van der Waals surface area contributed by atoms with Gasteiger partial charge in [-0.05, 0) is 30.2 Å². The highest BCUT2D eigenvalue weighted by Gasteiger charge is 2.20. The molecule has 0 aliphatic rings. The van der Waals surface area contributed by atoms with Crippen LogP contribution in [0.15, 0.2) is 78.9 Å². The number of hydrogen-bond acceptors (Lipinski definition) is 2. The van der Waals surface area contributed by atoms with Crippen LogP contribution in [0.1, 0.15) is 39.5 Å². The lowest BCUT2D eigenvalue weighted by Gasteiger charge is -2.19. The molecule has 2 N–H and O–H groups in total. The van der Waals surface area contributed by atoms with E-state index in [0.717, 1.165) is 11.1 Å². The summed E-state index contributed by atoms with van der Waals surface area (Å²) in [5, 5.41) is 6.25. The van der Waals surface area contributed by atoms with E-state index in [1.54, 1.807) is 24.3 Å². The number of carbonyl (C=O) groups excluding carboxylic acids is 2. The Morgan fingerprint density at radius 3 is 2.24 bits per heavy atom. The van der Waals surface area contributed by atoms with E-state index < -0.39 is 6.04 Å². The van der Waals surface area contributed by atoms with E-state index in [2.05, 4.69) is 10.6 Å². The van der Waals surface area contributed by atoms with E-state index in [1.165, 1.54) is 5.56 Å². The first kappa shape index (κ1) is 20.6. The highest BCUT2D eigenvalue weighted by Crippen LogP contribution is 2.20. The lowest BCUT2D eigenvalue weighted by atomic mass is 10.0. The number of hydrogen-bond donors (Lipinski definition) is 2. The van der Waals surface area contributed by atoms with E-state index in [0.29, 0.717) is 17.1 Å². The first-order valence-electron chi connectivity index (χ1n) is 9.45. The molecule has 0 saturated heterocycles. The molecular weight excluding hydrogens is 384 g/mol. The zero-order valence-corrected chi connectivity index (χ0v) is 16.9. The molecule has 0 aliphatic carbocycles. The first-order valence-corrected chi connectivity index (χ1v) is 9.83. The largest absolute Gasteiger partial charge is 0.352 e. The minimum Gasteiger partial charge on any atom is -0.352 e. The zero-order valence-electron chi connectivity index (χ0n) is 16.2. The summed E-state index contributed by atoms with van der Waals surface area (Å²) >= 11 is 6.14. The third-order valence-corrected chi connectivity index (χ3v) is 4.96. The van der Waals surface area contributed by atoms with Gasteiger partial charge in [-0.15, -0.1) is 0 Å². The molecule has 0 heterocycles. The number of aryl methyl sites for hydroxylation is 1.